The quantitative estimate of drug-likeness (QED) is 0.436. The Bertz CT molecular complexity index is 1510. The molecule has 37 heavy (non-hydrogen) atoms. The summed E-state index contributed by atoms with van der Waals surface area (Å²) in [5.41, 5.74) is 0.605. The highest BCUT2D eigenvalue weighted by Gasteiger charge is 2.44. The van der Waals surface area contributed by atoms with Gasteiger partial charge in [-0.15, -0.1) is 0 Å². The van der Waals surface area contributed by atoms with E-state index in [-0.39, 0.29) is 23.6 Å². The molecule has 2 saturated heterocycles. The van der Waals surface area contributed by atoms with Gasteiger partial charge in [0.1, 0.15) is 24.3 Å². The molecule has 4 aromatic rings. The molecule has 6 rings (SSSR count). The van der Waals surface area contributed by atoms with Crippen molar-refractivity contribution >= 4 is 28.4 Å². The standard InChI is InChI=1S/C25H25F3N8O/c1-13(16-4-3-5-17(20(16)26)21(27)28)33-22-18-9-19(24-31-12-32-36(24)23(18)30-11-29-22)25(37)35-14-6-7-34(2)10-15(35)8-14/h3-5,9,11-15,21H,6-8,10H2,1-2H3,(H,29,30,33)/t13-,14?,15?/m1/s1. The average Bonchev–Trinajstić information content (AvgIpc) is 3.20. The first kappa shape index (κ1) is 23.6. The molecule has 2 aliphatic heterocycles. The van der Waals surface area contributed by atoms with Crippen LogP contribution in [0.1, 0.15) is 53.7 Å². The largest absolute Gasteiger partial charge is 0.363 e. The Balaban J connectivity index is 1.41. The SMILES string of the molecule is C[C@@H](Nc1ncnc2c1cc(C(=O)N1C3CCN(C)CC1C3)c1ncnn12)c1cccc(C(F)F)c1F. The van der Waals surface area contributed by atoms with E-state index in [4.69, 9.17) is 0 Å². The van der Waals surface area contributed by atoms with Gasteiger partial charge in [-0.1, -0.05) is 18.2 Å². The van der Waals surface area contributed by atoms with Crippen molar-refractivity contribution in [2.24, 2.45) is 0 Å². The Morgan fingerprint density at radius 1 is 1.11 bits per heavy atom. The number of carbonyl (C=O) groups is 1. The molecule has 5 heterocycles. The van der Waals surface area contributed by atoms with Crippen molar-refractivity contribution in [1.29, 1.82) is 0 Å². The zero-order valence-electron chi connectivity index (χ0n) is 20.3. The van der Waals surface area contributed by atoms with Crippen LogP contribution in [0.4, 0.5) is 19.0 Å². The third kappa shape index (κ3) is 3.86. The van der Waals surface area contributed by atoms with Gasteiger partial charge in [-0.2, -0.15) is 9.61 Å². The Hall–Kier alpha value is -3.80. The summed E-state index contributed by atoms with van der Waals surface area (Å²) in [4.78, 5) is 31.0. The number of hydrogen-bond donors (Lipinski definition) is 1. The molecule has 0 spiro atoms. The summed E-state index contributed by atoms with van der Waals surface area (Å²) in [6, 6.07) is 5.23. The van der Waals surface area contributed by atoms with E-state index in [0.717, 1.165) is 32.0 Å². The molecule has 0 aliphatic carbocycles. The van der Waals surface area contributed by atoms with Crippen molar-refractivity contribution in [3.05, 3.63) is 59.4 Å². The van der Waals surface area contributed by atoms with Crippen molar-refractivity contribution in [3.63, 3.8) is 0 Å². The number of likely N-dealkylation sites (tertiary alicyclic amines) is 1. The van der Waals surface area contributed by atoms with E-state index in [0.29, 0.717) is 28.1 Å². The summed E-state index contributed by atoms with van der Waals surface area (Å²) in [6.45, 7) is 3.41. The van der Waals surface area contributed by atoms with Gasteiger partial charge in [0, 0.05) is 24.2 Å². The molecule has 2 aliphatic rings. The number of carbonyl (C=O) groups excluding carboxylic acids is 1. The number of anilines is 1. The van der Waals surface area contributed by atoms with Gasteiger partial charge in [0.25, 0.3) is 12.3 Å². The summed E-state index contributed by atoms with van der Waals surface area (Å²) in [5.74, 6) is -0.766. The van der Waals surface area contributed by atoms with Gasteiger partial charge in [-0.25, -0.2) is 28.1 Å². The van der Waals surface area contributed by atoms with Crippen LogP contribution in [0.15, 0.2) is 36.9 Å². The topological polar surface area (TPSA) is 91.5 Å². The highest BCUT2D eigenvalue weighted by Crippen LogP contribution is 2.35. The number of alkyl halides is 2. The number of halogens is 3. The number of nitrogens with one attached hydrogen (secondary N) is 1. The average molecular weight is 511 g/mol. The van der Waals surface area contributed by atoms with Crippen LogP contribution in [-0.2, 0) is 0 Å². The van der Waals surface area contributed by atoms with Crippen LogP contribution < -0.4 is 5.32 Å². The molecule has 2 unspecified atom stereocenters. The van der Waals surface area contributed by atoms with Crippen LogP contribution in [0.25, 0.3) is 16.7 Å². The predicted octanol–water partition coefficient (Wildman–Crippen LogP) is 3.84. The fourth-order valence-electron chi connectivity index (χ4n) is 5.52. The molecule has 0 radical (unpaired) electrons. The van der Waals surface area contributed by atoms with Gasteiger partial charge in [0.15, 0.2) is 11.3 Å². The lowest BCUT2D eigenvalue weighted by atomic mass is 9.91. The van der Waals surface area contributed by atoms with Crippen molar-refractivity contribution < 1.29 is 18.0 Å². The molecule has 0 saturated carbocycles. The fourth-order valence-corrected chi connectivity index (χ4v) is 5.52. The maximum atomic E-state index is 14.8. The number of hydrogen-bond acceptors (Lipinski definition) is 7. The van der Waals surface area contributed by atoms with Crippen LogP contribution >= 0.6 is 0 Å². The van der Waals surface area contributed by atoms with Crippen LogP contribution in [0.5, 0.6) is 0 Å². The molecule has 1 aromatic carbocycles. The Morgan fingerprint density at radius 2 is 1.89 bits per heavy atom. The Morgan fingerprint density at radius 3 is 2.70 bits per heavy atom. The van der Waals surface area contributed by atoms with Gasteiger partial charge >= 0.3 is 0 Å². The number of rotatable bonds is 5. The van der Waals surface area contributed by atoms with E-state index in [1.54, 1.807) is 13.0 Å². The molecule has 3 atom stereocenters. The highest BCUT2D eigenvalue weighted by atomic mass is 19.3. The molecule has 3 aromatic heterocycles. The lowest BCUT2D eigenvalue weighted by molar-refractivity contribution is 0.0190. The minimum atomic E-state index is -2.92. The highest BCUT2D eigenvalue weighted by molar-refractivity contribution is 6.05. The van der Waals surface area contributed by atoms with E-state index < -0.39 is 23.8 Å². The maximum Gasteiger partial charge on any atom is 0.266 e. The smallest absolute Gasteiger partial charge is 0.266 e. The molecule has 2 bridgehead atoms. The first-order valence-electron chi connectivity index (χ1n) is 12.1. The lowest BCUT2D eigenvalue weighted by Crippen LogP contribution is -2.59. The van der Waals surface area contributed by atoms with Gasteiger partial charge in [-0.3, -0.25) is 4.79 Å². The normalized spacial score (nSPS) is 20.8. The molecule has 12 heteroatoms. The molecule has 192 valence electrons. The van der Waals surface area contributed by atoms with E-state index in [9.17, 15) is 18.0 Å². The van der Waals surface area contributed by atoms with Gasteiger partial charge < -0.3 is 15.1 Å². The van der Waals surface area contributed by atoms with Crippen molar-refractivity contribution in [2.45, 2.75) is 44.3 Å². The second kappa shape index (κ2) is 8.94. The van der Waals surface area contributed by atoms with E-state index in [1.165, 1.54) is 29.3 Å². The van der Waals surface area contributed by atoms with Crippen LogP contribution in [0.3, 0.4) is 0 Å². The van der Waals surface area contributed by atoms with Crippen LogP contribution in [-0.4, -0.2) is 72.5 Å². The third-order valence-electron chi connectivity index (χ3n) is 7.42. The minimum Gasteiger partial charge on any atom is -0.363 e. The van der Waals surface area contributed by atoms with Crippen molar-refractivity contribution in [2.75, 3.05) is 25.5 Å². The van der Waals surface area contributed by atoms with E-state index in [2.05, 4.69) is 37.3 Å². The molecular formula is C25H25F3N8O. The van der Waals surface area contributed by atoms with E-state index >= 15 is 0 Å². The number of benzene rings is 1. The molecule has 1 N–H and O–H groups in total. The van der Waals surface area contributed by atoms with Gasteiger partial charge in [0.2, 0.25) is 0 Å². The number of nitrogens with zero attached hydrogens (tertiary/aromatic N) is 7. The molecule has 1 amide bonds. The summed E-state index contributed by atoms with van der Waals surface area (Å²) >= 11 is 0. The van der Waals surface area contributed by atoms with Gasteiger partial charge in [-0.05, 0) is 39.4 Å². The van der Waals surface area contributed by atoms with Crippen molar-refractivity contribution in [1.82, 2.24) is 34.4 Å². The summed E-state index contributed by atoms with van der Waals surface area (Å²) in [5, 5.41) is 7.89. The zero-order valence-corrected chi connectivity index (χ0v) is 20.3. The molecule has 9 nitrogen and oxygen atoms in total. The summed E-state index contributed by atoms with van der Waals surface area (Å²) in [6.07, 6.45) is 1.65. The predicted molar refractivity (Wildman–Crippen MR) is 130 cm³/mol. The summed E-state index contributed by atoms with van der Waals surface area (Å²) < 4.78 is 42.8. The second-order valence-electron chi connectivity index (χ2n) is 9.74. The number of likely N-dealkylation sites (N-methyl/N-ethyl adjacent to an activating group) is 1. The first-order valence-corrected chi connectivity index (χ1v) is 12.1. The fraction of sp³-hybridized carbons (Fsp3) is 0.400. The van der Waals surface area contributed by atoms with Crippen molar-refractivity contribution in [3.8, 4) is 0 Å². The van der Waals surface area contributed by atoms with Crippen LogP contribution in [0, 0.1) is 5.82 Å². The summed E-state index contributed by atoms with van der Waals surface area (Å²) in [7, 11) is 2.06. The van der Waals surface area contributed by atoms with E-state index in [1.807, 2.05) is 4.90 Å². The molecular weight excluding hydrogens is 485 g/mol. The lowest BCUT2D eigenvalue weighted by Gasteiger charge is -2.47. The van der Waals surface area contributed by atoms with Gasteiger partial charge in [0.05, 0.1) is 22.6 Å². The number of pyridine rings is 1. The number of fused-ring (bicyclic) bond motifs is 5. The second-order valence-corrected chi connectivity index (χ2v) is 9.74. The number of amides is 1. The first-order chi connectivity index (χ1) is 17.8. The third-order valence-corrected chi connectivity index (χ3v) is 7.42. The molecule has 2 fully saturated rings. The maximum absolute atomic E-state index is 14.8. The zero-order chi connectivity index (χ0) is 25.8. The van der Waals surface area contributed by atoms with Crippen LogP contribution in [0.2, 0.25) is 0 Å². The Kier molecular flexibility index (Phi) is 5.70. The Labute approximate surface area is 210 Å². The monoisotopic (exact) mass is 510 g/mol. The minimum absolute atomic E-state index is 0.0801. The number of aromatic nitrogens is 5.